The summed E-state index contributed by atoms with van der Waals surface area (Å²) in [6.45, 7) is 5.68. The van der Waals surface area contributed by atoms with Gasteiger partial charge in [-0.3, -0.25) is 14.9 Å². The molecule has 0 atom stereocenters. The van der Waals surface area contributed by atoms with Crippen molar-refractivity contribution in [3.63, 3.8) is 0 Å². The first kappa shape index (κ1) is 17.2. The highest BCUT2D eigenvalue weighted by molar-refractivity contribution is 5.89. The summed E-state index contributed by atoms with van der Waals surface area (Å²) < 4.78 is 6.36. The SMILES string of the molecule is CCc1noc(NC(=O)Cn2ncc(N3CCCC3)cc2=O)c1CC. The molecule has 25 heavy (non-hydrogen) atoms. The Bertz CT molecular complexity index is 805. The van der Waals surface area contributed by atoms with E-state index in [9.17, 15) is 9.59 Å². The largest absolute Gasteiger partial charge is 0.370 e. The van der Waals surface area contributed by atoms with E-state index in [1.54, 1.807) is 6.20 Å². The Morgan fingerprint density at radius 1 is 1.28 bits per heavy atom. The summed E-state index contributed by atoms with van der Waals surface area (Å²) in [5, 5.41) is 10.8. The van der Waals surface area contributed by atoms with E-state index in [1.807, 2.05) is 13.8 Å². The minimum absolute atomic E-state index is 0.162. The summed E-state index contributed by atoms with van der Waals surface area (Å²) >= 11 is 0. The van der Waals surface area contributed by atoms with Gasteiger partial charge in [0.05, 0.1) is 17.6 Å². The molecule has 0 unspecified atom stereocenters. The normalized spacial score (nSPS) is 14.1. The van der Waals surface area contributed by atoms with Crippen LogP contribution in [0, 0.1) is 0 Å². The van der Waals surface area contributed by atoms with Gasteiger partial charge in [-0.1, -0.05) is 19.0 Å². The van der Waals surface area contributed by atoms with Crippen molar-refractivity contribution in [1.82, 2.24) is 14.9 Å². The fraction of sp³-hybridized carbons (Fsp3) is 0.529. The summed E-state index contributed by atoms with van der Waals surface area (Å²) in [6, 6.07) is 1.53. The zero-order valence-electron chi connectivity index (χ0n) is 14.6. The Morgan fingerprint density at radius 3 is 2.68 bits per heavy atom. The molecule has 8 nitrogen and oxygen atoms in total. The van der Waals surface area contributed by atoms with Gasteiger partial charge < -0.3 is 9.42 Å². The molecule has 1 N–H and O–H groups in total. The first-order valence-electron chi connectivity index (χ1n) is 8.71. The molecule has 0 radical (unpaired) electrons. The lowest BCUT2D eigenvalue weighted by Gasteiger charge is -2.16. The third-order valence-electron chi connectivity index (χ3n) is 4.43. The lowest BCUT2D eigenvalue weighted by Crippen LogP contribution is -2.30. The number of aromatic nitrogens is 3. The molecule has 0 spiro atoms. The van der Waals surface area contributed by atoms with Crippen molar-refractivity contribution in [1.29, 1.82) is 0 Å². The van der Waals surface area contributed by atoms with Gasteiger partial charge in [0.2, 0.25) is 11.8 Å². The smallest absolute Gasteiger partial charge is 0.269 e. The van der Waals surface area contributed by atoms with E-state index in [-0.39, 0.29) is 18.0 Å². The average Bonchev–Trinajstić information content (AvgIpc) is 3.26. The summed E-state index contributed by atoms with van der Waals surface area (Å²) in [4.78, 5) is 26.6. The highest BCUT2D eigenvalue weighted by Crippen LogP contribution is 2.21. The van der Waals surface area contributed by atoms with Gasteiger partial charge in [-0.2, -0.15) is 5.10 Å². The second-order valence-electron chi connectivity index (χ2n) is 6.10. The molecule has 8 heteroatoms. The van der Waals surface area contributed by atoms with Gasteiger partial charge in [-0.15, -0.1) is 0 Å². The van der Waals surface area contributed by atoms with Crippen LogP contribution in [-0.2, 0) is 24.2 Å². The summed E-state index contributed by atoms with van der Waals surface area (Å²) in [6.07, 6.45) is 5.35. The maximum absolute atomic E-state index is 12.2. The van der Waals surface area contributed by atoms with Crippen LogP contribution in [0.4, 0.5) is 11.6 Å². The molecule has 0 bridgehead atoms. The number of rotatable bonds is 6. The minimum Gasteiger partial charge on any atom is -0.370 e. The van der Waals surface area contributed by atoms with Crippen LogP contribution >= 0.6 is 0 Å². The van der Waals surface area contributed by atoms with Crippen LogP contribution in [0.2, 0.25) is 0 Å². The third kappa shape index (κ3) is 3.72. The fourth-order valence-electron chi connectivity index (χ4n) is 3.08. The molecular weight excluding hydrogens is 322 g/mol. The molecule has 1 aliphatic rings. The number of anilines is 2. The topological polar surface area (TPSA) is 93.3 Å². The number of amides is 1. The van der Waals surface area contributed by atoms with E-state index >= 15 is 0 Å². The highest BCUT2D eigenvalue weighted by atomic mass is 16.5. The van der Waals surface area contributed by atoms with Crippen LogP contribution in [0.15, 0.2) is 21.6 Å². The van der Waals surface area contributed by atoms with E-state index in [4.69, 9.17) is 4.52 Å². The zero-order chi connectivity index (χ0) is 17.8. The van der Waals surface area contributed by atoms with E-state index in [0.29, 0.717) is 12.3 Å². The Kier molecular flexibility index (Phi) is 5.16. The van der Waals surface area contributed by atoms with Gasteiger partial charge in [-0.05, 0) is 25.7 Å². The van der Waals surface area contributed by atoms with E-state index in [1.165, 1.54) is 6.07 Å². The molecule has 1 fully saturated rings. The van der Waals surface area contributed by atoms with Gasteiger partial charge >= 0.3 is 0 Å². The number of carbonyl (C=O) groups is 1. The molecule has 0 aliphatic carbocycles. The molecule has 1 aliphatic heterocycles. The van der Waals surface area contributed by atoms with Crippen molar-refractivity contribution < 1.29 is 9.32 Å². The molecule has 2 aromatic heterocycles. The Balaban J connectivity index is 1.69. The van der Waals surface area contributed by atoms with Gasteiger partial charge in [0, 0.05) is 24.7 Å². The summed E-state index contributed by atoms with van der Waals surface area (Å²) in [5.41, 5.74) is 2.25. The van der Waals surface area contributed by atoms with Crippen molar-refractivity contribution >= 4 is 17.5 Å². The van der Waals surface area contributed by atoms with Crippen LogP contribution in [0.5, 0.6) is 0 Å². The van der Waals surface area contributed by atoms with E-state index < -0.39 is 0 Å². The second-order valence-corrected chi connectivity index (χ2v) is 6.10. The quantitative estimate of drug-likeness (QED) is 0.855. The molecule has 134 valence electrons. The zero-order valence-corrected chi connectivity index (χ0v) is 14.6. The number of nitrogens with one attached hydrogen (secondary N) is 1. The predicted molar refractivity (Wildman–Crippen MR) is 93.8 cm³/mol. The first-order chi connectivity index (χ1) is 12.1. The maximum atomic E-state index is 12.2. The van der Waals surface area contributed by atoms with Crippen LogP contribution < -0.4 is 15.8 Å². The lowest BCUT2D eigenvalue weighted by atomic mass is 10.1. The van der Waals surface area contributed by atoms with E-state index in [0.717, 1.165) is 54.0 Å². The van der Waals surface area contributed by atoms with Crippen molar-refractivity contribution in [2.24, 2.45) is 0 Å². The molecule has 2 aromatic rings. The van der Waals surface area contributed by atoms with E-state index in [2.05, 4.69) is 20.5 Å². The Labute approximate surface area is 145 Å². The van der Waals surface area contributed by atoms with Gasteiger partial charge in [0.25, 0.3) is 5.56 Å². The number of hydrogen-bond acceptors (Lipinski definition) is 6. The Hall–Kier alpha value is -2.64. The standard InChI is InChI=1S/C17H23N5O3/c1-3-13-14(4-2)20-25-17(13)19-15(23)11-22-16(24)9-12(10-18-22)21-7-5-6-8-21/h9-10H,3-8,11H2,1-2H3,(H,19,23). The lowest BCUT2D eigenvalue weighted by molar-refractivity contribution is -0.117. The van der Waals surface area contributed by atoms with Crippen LogP contribution in [0.1, 0.15) is 37.9 Å². The predicted octanol–water partition coefficient (Wildman–Crippen LogP) is 1.59. The highest BCUT2D eigenvalue weighted by Gasteiger charge is 2.17. The molecule has 0 aromatic carbocycles. The van der Waals surface area contributed by atoms with Crippen LogP contribution in [0.3, 0.4) is 0 Å². The monoisotopic (exact) mass is 345 g/mol. The van der Waals surface area contributed by atoms with Gasteiger partial charge in [0.15, 0.2) is 0 Å². The van der Waals surface area contributed by atoms with Gasteiger partial charge in [-0.25, -0.2) is 4.68 Å². The number of carbonyl (C=O) groups excluding carboxylic acids is 1. The summed E-state index contributed by atoms with van der Waals surface area (Å²) in [7, 11) is 0. The molecule has 3 rings (SSSR count). The minimum atomic E-state index is -0.364. The molecule has 1 amide bonds. The summed E-state index contributed by atoms with van der Waals surface area (Å²) in [5.74, 6) is -0.0110. The van der Waals surface area contributed by atoms with Crippen molar-refractivity contribution in [3.05, 3.63) is 33.9 Å². The Morgan fingerprint density at radius 2 is 2.04 bits per heavy atom. The molecule has 0 saturated carbocycles. The second kappa shape index (κ2) is 7.50. The fourth-order valence-corrected chi connectivity index (χ4v) is 3.08. The van der Waals surface area contributed by atoms with Gasteiger partial charge in [0.1, 0.15) is 6.54 Å². The average molecular weight is 345 g/mol. The first-order valence-corrected chi connectivity index (χ1v) is 8.71. The molecule has 1 saturated heterocycles. The van der Waals surface area contributed by atoms with Crippen molar-refractivity contribution in [3.8, 4) is 0 Å². The maximum Gasteiger partial charge on any atom is 0.269 e. The van der Waals surface area contributed by atoms with Crippen LogP contribution in [-0.4, -0.2) is 33.9 Å². The third-order valence-corrected chi connectivity index (χ3v) is 4.43. The molecule has 3 heterocycles. The van der Waals surface area contributed by atoms with Crippen molar-refractivity contribution in [2.45, 2.75) is 46.1 Å². The number of aryl methyl sites for hydroxylation is 1. The number of nitrogens with zero attached hydrogens (tertiary/aromatic N) is 4. The molecular formula is C17H23N5O3. The number of hydrogen-bond donors (Lipinski definition) is 1. The van der Waals surface area contributed by atoms with Crippen molar-refractivity contribution in [2.75, 3.05) is 23.3 Å². The van der Waals surface area contributed by atoms with Crippen LogP contribution in [0.25, 0.3) is 0 Å².